The fraction of sp³-hybridized carbons (Fsp3) is 0.933. The zero-order chi connectivity index (χ0) is 13.2. The van der Waals surface area contributed by atoms with Crippen molar-refractivity contribution >= 4 is 0 Å². The Bertz CT molecular complexity index is 347. The predicted octanol–water partition coefficient (Wildman–Crippen LogP) is 1.19. The van der Waals surface area contributed by atoms with Crippen LogP contribution in [0.25, 0.3) is 0 Å². The van der Waals surface area contributed by atoms with Crippen LogP contribution < -0.4 is 5.32 Å². The van der Waals surface area contributed by atoms with Crippen molar-refractivity contribution in [1.29, 1.82) is 5.26 Å². The molecule has 3 aliphatic rings. The summed E-state index contributed by atoms with van der Waals surface area (Å²) < 4.78 is 0. The van der Waals surface area contributed by atoms with Crippen molar-refractivity contribution in [2.45, 2.75) is 63.2 Å². The second-order valence-electron chi connectivity index (χ2n) is 6.57. The molecule has 19 heavy (non-hydrogen) atoms. The van der Waals surface area contributed by atoms with Crippen LogP contribution in [0.1, 0.15) is 39.0 Å². The average molecular weight is 262 g/mol. The summed E-state index contributed by atoms with van der Waals surface area (Å²) in [4.78, 5) is 5.20. The van der Waals surface area contributed by atoms with E-state index < -0.39 is 0 Å². The van der Waals surface area contributed by atoms with E-state index in [1.807, 2.05) is 0 Å². The molecule has 0 bridgehead atoms. The molecule has 3 rings (SSSR count). The van der Waals surface area contributed by atoms with E-state index in [4.69, 9.17) is 0 Å². The molecule has 0 aromatic rings. The first-order valence-corrected chi connectivity index (χ1v) is 7.90. The molecule has 4 heteroatoms. The van der Waals surface area contributed by atoms with E-state index in [1.54, 1.807) is 0 Å². The summed E-state index contributed by atoms with van der Waals surface area (Å²) in [5.41, 5.74) is 0. The van der Waals surface area contributed by atoms with E-state index in [0.717, 1.165) is 19.1 Å². The van der Waals surface area contributed by atoms with Gasteiger partial charge in [-0.15, -0.1) is 0 Å². The zero-order valence-corrected chi connectivity index (χ0v) is 12.0. The highest BCUT2D eigenvalue weighted by Crippen LogP contribution is 2.24. The van der Waals surface area contributed by atoms with Crippen LogP contribution in [0, 0.1) is 11.3 Å². The van der Waals surface area contributed by atoms with Crippen molar-refractivity contribution in [3.63, 3.8) is 0 Å². The number of rotatable bonds is 4. The van der Waals surface area contributed by atoms with E-state index in [9.17, 15) is 5.26 Å². The molecule has 2 aliphatic heterocycles. The highest BCUT2D eigenvalue weighted by molar-refractivity contribution is 4.99. The van der Waals surface area contributed by atoms with Gasteiger partial charge in [0.25, 0.3) is 0 Å². The van der Waals surface area contributed by atoms with Gasteiger partial charge in [-0.1, -0.05) is 6.42 Å². The minimum Gasteiger partial charge on any atom is -0.298 e. The fourth-order valence-electron chi connectivity index (χ4n) is 3.57. The summed E-state index contributed by atoms with van der Waals surface area (Å²) in [7, 11) is 0. The molecule has 3 unspecified atom stereocenters. The molecule has 3 fully saturated rings. The highest BCUT2D eigenvalue weighted by atomic mass is 15.3. The van der Waals surface area contributed by atoms with Crippen molar-refractivity contribution in [3.05, 3.63) is 0 Å². The second kappa shape index (κ2) is 5.78. The van der Waals surface area contributed by atoms with E-state index in [1.165, 1.54) is 45.2 Å². The van der Waals surface area contributed by atoms with Gasteiger partial charge in [-0.05, 0) is 39.2 Å². The lowest BCUT2D eigenvalue weighted by molar-refractivity contribution is 0.0132. The number of nitrogens with one attached hydrogen (secondary N) is 1. The van der Waals surface area contributed by atoms with Gasteiger partial charge in [-0.3, -0.25) is 15.1 Å². The summed E-state index contributed by atoms with van der Waals surface area (Å²) in [6, 6.07) is 4.42. The third-order valence-corrected chi connectivity index (χ3v) is 4.90. The maximum Gasteiger partial charge on any atom is 0.108 e. The molecule has 2 heterocycles. The van der Waals surface area contributed by atoms with Crippen LogP contribution in [0.4, 0.5) is 0 Å². The number of nitriles is 1. The van der Waals surface area contributed by atoms with Gasteiger partial charge in [0.1, 0.15) is 6.04 Å². The molecule has 0 radical (unpaired) electrons. The van der Waals surface area contributed by atoms with Gasteiger partial charge in [0.05, 0.1) is 6.07 Å². The monoisotopic (exact) mass is 262 g/mol. The van der Waals surface area contributed by atoms with Crippen LogP contribution >= 0.6 is 0 Å². The Labute approximate surface area is 116 Å². The van der Waals surface area contributed by atoms with Gasteiger partial charge < -0.3 is 0 Å². The van der Waals surface area contributed by atoms with Gasteiger partial charge in [-0.25, -0.2) is 0 Å². The lowest BCUT2D eigenvalue weighted by Gasteiger charge is -2.48. The summed E-state index contributed by atoms with van der Waals surface area (Å²) in [5.74, 6) is 0. The van der Waals surface area contributed by atoms with E-state index in [2.05, 4.69) is 28.1 Å². The summed E-state index contributed by atoms with van der Waals surface area (Å²) >= 11 is 0. The molecule has 0 amide bonds. The first-order chi connectivity index (χ1) is 9.26. The Morgan fingerprint density at radius 1 is 1.26 bits per heavy atom. The molecule has 0 aromatic carbocycles. The minimum absolute atomic E-state index is 0.0186. The molecule has 1 aliphatic carbocycles. The summed E-state index contributed by atoms with van der Waals surface area (Å²) in [6.07, 6.45) is 6.60. The van der Waals surface area contributed by atoms with Crippen LogP contribution in [-0.4, -0.2) is 60.1 Å². The van der Waals surface area contributed by atoms with E-state index in [-0.39, 0.29) is 6.04 Å². The van der Waals surface area contributed by atoms with Crippen molar-refractivity contribution in [1.82, 2.24) is 15.1 Å². The smallest absolute Gasteiger partial charge is 0.108 e. The van der Waals surface area contributed by atoms with Gasteiger partial charge in [0.15, 0.2) is 0 Å². The van der Waals surface area contributed by atoms with Crippen molar-refractivity contribution in [2.75, 3.05) is 26.2 Å². The molecule has 3 atom stereocenters. The fourth-order valence-corrected chi connectivity index (χ4v) is 3.57. The largest absolute Gasteiger partial charge is 0.298 e. The Balaban J connectivity index is 1.55. The SMILES string of the molecule is CC1CN2CCCCC2CN1CC(C#N)NC1CC1. The predicted molar refractivity (Wildman–Crippen MR) is 75.8 cm³/mol. The number of piperazine rings is 1. The first kappa shape index (κ1) is 13.4. The Kier molecular flexibility index (Phi) is 4.07. The molecule has 106 valence electrons. The van der Waals surface area contributed by atoms with Gasteiger partial charge in [-0.2, -0.15) is 5.26 Å². The van der Waals surface area contributed by atoms with Crippen LogP contribution in [0.3, 0.4) is 0 Å². The molecule has 4 nitrogen and oxygen atoms in total. The highest BCUT2D eigenvalue weighted by Gasteiger charge is 2.34. The zero-order valence-electron chi connectivity index (χ0n) is 12.0. The van der Waals surface area contributed by atoms with Crippen molar-refractivity contribution in [2.24, 2.45) is 0 Å². The number of fused-ring (bicyclic) bond motifs is 1. The van der Waals surface area contributed by atoms with Crippen LogP contribution in [0.2, 0.25) is 0 Å². The molecular weight excluding hydrogens is 236 g/mol. The average Bonchev–Trinajstić information content (AvgIpc) is 3.22. The number of hydrogen-bond donors (Lipinski definition) is 1. The Hall–Kier alpha value is -0.630. The number of hydrogen-bond acceptors (Lipinski definition) is 4. The minimum atomic E-state index is 0.0186. The van der Waals surface area contributed by atoms with Crippen LogP contribution in [0.15, 0.2) is 0 Å². The van der Waals surface area contributed by atoms with Gasteiger partial charge >= 0.3 is 0 Å². The second-order valence-corrected chi connectivity index (χ2v) is 6.57. The molecule has 1 N–H and O–H groups in total. The third-order valence-electron chi connectivity index (χ3n) is 4.90. The normalized spacial score (nSPS) is 34.5. The van der Waals surface area contributed by atoms with E-state index in [0.29, 0.717) is 12.1 Å². The first-order valence-electron chi connectivity index (χ1n) is 7.90. The van der Waals surface area contributed by atoms with Crippen LogP contribution in [0.5, 0.6) is 0 Å². The maximum atomic E-state index is 9.30. The molecular formula is C15H26N4. The lowest BCUT2D eigenvalue weighted by Crippen LogP contribution is -2.60. The quantitative estimate of drug-likeness (QED) is 0.826. The van der Waals surface area contributed by atoms with Crippen LogP contribution in [-0.2, 0) is 0 Å². The standard InChI is InChI=1S/C15H26N4/c1-12-9-18-7-3-2-4-15(18)11-19(12)10-14(8-16)17-13-5-6-13/h12-15,17H,2-7,9-11H2,1H3. The Morgan fingerprint density at radius 3 is 2.84 bits per heavy atom. The lowest BCUT2D eigenvalue weighted by atomic mass is 9.97. The molecule has 1 saturated carbocycles. The van der Waals surface area contributed by atoms with Crippen molar-refractivity contribution in [3.8, 4) is 6.07 Å². The summed E-state index contributed by atoms with van der Waals surface area (Å²) in [6.45, 7) is 6.84. The molecule has 0 aromatic heterocycles. The molecule has 0 spiro atoms. The third kappa shape index (κ3) is 3.28. The number of piperidine rings is 1. The maximum absolute atomic E-state index is 9.30. The van der Waals surface area contributed by atoms with Crippen molar-refractivity contribution < 1.29 is 0 Å². The number of nitrogens with zero attached hydrogens (tertiary/aromatic N) is 3. The summed E-state index contributed by atoms with van der Waals surface area (Å²) in [5, 5.41) is 12.8. The van der Waals surface area contributed by atoms with Gasteiger partial charge in [0, 0.05) is 37.8 Å². The van der Waals surface area contributed by atoms with Gasteiger partial charge in [0.2, 0.25) is 0 Å². The Morgan fingerprint density at radius 2 is 2.11 bits per heavy atom. The molecule has 2 saturated heterocycles. The topological polar surface area (TPSA) is 42.3 Å². The van der Waals surface area contributed by atoms with E-state index >= 15 is 0 Å².